The maximum atomic E-state index is 13.6. The second-order valence-electron chi connectivity index (χ2n) is 7.78. The van der Waals surface area contributed by atoms with E-state index in [1.54, 1.807) is 12.4 Å². The van der Waals surface area contributed by atoms with Crippen LogP contribution in [0.1, 0.15) is 12.5 Å². The van der Waals surface area contributed by atoms with E-state index in [4.69, 9.17) is 40.1 Å². The number of halogens is 4. The first-order valence-corrected chi connectivity index (χ1v) is 13.5. The summed E-state index contributed by atoms with van der Waals surface area (Å²) in [5.74, 6) is 1.68. The molecule has 1 saturated heterocycles. The molecule has 204 valence electrons. The molecule has 1 aliphatic rings. The standard InChI is InChI=1S/C21H25BrF3N4O6PS/c1-11-19(9-32-11)35-21(37-14-4-13(22)5-28-6-14)18(33-10-34-36(30)31)8-29(27)7-17(26)12-2-15(23)20(25)16(24)3-12/h2-7,11,18-19,21,30-31H,8-10,26-27H2,1H3/b17-7-/t11?,18-,19?,21?/m0/s1. The van der Waals surface area contributed by atoms with Crippen LogP contribution in [0.3, 0.4) is 0 Å². The van der Waals surface area contributed by atoms with Crippen molar-refractivity contribution in [3.63, 3.8) is 0 Å². The van der Waals surface area contributed by atoms with Crippen LogP contribution >= 0.6 is 36.3 Å². The van der Waals surface area contributed by atoms with E-state index in [0.29, 0.717) is 6.61 Å². The minimum atomic E-state index is -2.68. The minimum absolute atomic E-state index is 0.0912. The maximum absolute atomic E-state index is 13.6. The number of hydrazine groups is 1. The van der Waals surface area contributed by atoms with Crippen LogP contribution in [0.25, 0.3) is 5.70 Å². The highest BCUT2D eigenvalue weighted by Gasteiger charge is 2.36. The molecule has 0 spiro atoms. The number of benzene rings is 1. The Bertz CT molecular complexity index is 1070. The van der Waals surface area contributed by atoms with Crippen molar-refractivity contribution in [2.24, 2.45) is 11.6 Å². The molecule has 6 N–H and O–H groups in total. The Morgan fingerprint density at radius 2 is 2.03 bits per heavy atom. The molecule has 2 aromatic rings. The van der Waals surface area contributed by atoms with Crippen molar-refractivity contribution in [2.45, 2.75) is 35.6 Å². The Morgan fingerprint density at radius 3 is 2.59 bits per heavy atom. The summed E-state index contributed by atoms with van der Waals surface area (Å²) in [6.45, 7) is 1.61. The quantitative estimate of drug-likeness (QED) is 0.0648. The van der Waals surface area contributed by atoms with E-state index in [2.05, 4.69) is 20.9 Å². The predicted molar refractivity (Wildman–Crippen MR) is 133 cm³/mol. The average molecular weight is 629 g/mol. The first-order valence-electron chi connectivity index (χ1n) is 10.6. The third-order valence-electron chi connectivity index (χ3n) is 5.05. The molecule has 2 heterocycles. The Labute approximate surface area is 224 Å². The predicted octanol–water partition coefficient (Wildman–Crippen LogP) is 3.19. The van der Waals surface area contributed by atoms with Gasteiger partial charge in [-0.1, -0.05) is 11.8 Å². The zero-order valence-corrected chi connectivity index (χ0v) is 22.6. The molecule has 0 saturated carbocycles. The van der Waals surface area contributed by atoms with Crippen LogP contribution in [0.15, 0.2) is 46.2 Å². The number of ether oxygens (including phenoxy) is 3. The number of nitrogens with zero attached hydrogens (tertiary/aromatic N) is 2. The summed E-state index contributed by atoms with van der Waals surface area (Å²) in [6, 6.07) is 3.30. The van der Waals surface area contributed by atoms with Crippen molar-refractivity contribution < 1.29 is 41.7 Å². The second kappa shape index (κ2) is 14.0. The molecule has 3 rings (SSSR count). The first kappa shape index (κ1) is 30.0. The van der Waals surface area contributed by atoms with Crippen molar-refractivity contribution >= 4 is 42.0 Å². The molecule has 1 aromatic heterocycles. The molecular formula is C21H25BrF3N4O6PS. The van der Waals surface area contributed by atoms with Gasteiger partial charge in [-0.05, 0) is 41.1 Å². The SMILES string of the molecule is CC1OCC1OC(Sc1cncc(Br)c1)[C@H](CN(N)/C=C(\N)c1cc(F)c(F)c(F)c1)OCOP(O)O. The zero-order valence-electron chi connectivity index (χ0n) is 19.3. The van der Waals surface area contributed by atoms with Crippen molar-refractivity contribution in [3.8, 4) is 0 Å². The lowest BCUT2D eigenvalue weighted by Crippen LogP contribution is -2.50. The highest BCUT2D eigenvalue weighted by molar-refractivity contribution is 9.10. The van der Waals surface area contributed by atoms with Crippen molar-refractivity contribution in [1.82, 2.24) is 9.99 Å². The molecule has 10 nitrogen and oxygen atoms in total. The van der Waals surface area contributed by atoms with Crippen LogP contribution in [-0.4, -0.2) is 63.5 Å². The highest BCUT2D eigenvalue weighted by Crippen LogP contribution is 2.33. The van der Waals surface area contributed by atoms with E-state index in [1.807, 2.05) is 13.0 Å². The monoisotopic (exact) mass is 628 g/mol. The largest absolute Gasteiger partial charge is 0.397 e. The van der Waals surface area contributed by atoms with E-state index >= 15 is 0 Å². The summed E-state index contributed by atoms with van der Waals surface area (Å²) in [6.07, 6.45) is 3.14. The van der Waals surface area contributed by atoms with Gasteiger partial charge in [0.1, 0.15) is 17.6 Å². The van der Waals surface area contributed by atoms with E-state index in [-0.39, 0.29) is 30.0 Å². The summed E-state index contributed by atoms with van der Waals surface area (Å²) >= 11 is 4.64. The number of nitrogens with two attached hydrogens (primary N) is 2. The van der Waals surface area contributed by atoms with Gasteiger partial charge >= 0.3 is 8.60 Å². The summed E-state index contributed by atoms with van der Waals surface area (Å²) < 4.78 is 63.4. The Kier molecular flexibility index (Phi) is 11.4. The molecule has 4 atom stereocenters. The fourth-order valence-corrected chi connectivity index (χ4v) is 4.86. The molecule has 0 bridgehead atoms. The van der Waals surface area contributed by atoms with Crippen LogP contribution in [0.4, 0.5) is 13.2 Å². The smallest absolute Gasteiger partial charge is 0.329 e. The van der Waals surface area contributed by atoms with Crippen LogP contribution in [0.2, 0.25) is 0 Å². The van der Waals surface area contributed by atoms with Gasteiger partial charge in [-0.3, -0.25) is 9.51 Å². The van der Waals surface area contributed by atoms with Crippen molar-refractivity contribution in [3.05, 3.63) is 64.3 Å². The molecule has 0 radical (unpaired) electrons. The summed E-state index contributed by atoms with van der Waals surface area (Å²) in [5, 5.41) is 1.09. The van der Waals surface area contributed by atoms with Gasteiger partial charge in [0, 0.05) is 33.5 Å². The number of aromatic nitrogens is 1. The van der Waals surface area contributed by atoms with E-state index < -0.39 is 44.4 Å². The van der Waals surface area contributed by atoms with Crippen LogP contribution in [0.5, 0.6) is 0 Å². The van der Waals surface area contributed by atoms with E-state index in [0.717, 1.165) is 26.5 Å². The van der Waals surface area contributed by atoms with Gasteiger partial charge in [-0.25, -0.2) is 19.0 Å². The van der Waals surface area contributed by atoms with Crippen molar-refractivity contribution in [2.75, 3.05) is 19.9 Å². The Hall–Kier alpha value is -1.52. The van der Waals surface area contributed by atoms with Gasteiger partial charge in [-0.15, -0.1) is 0 Å². The third kappa shape index (κ3) is 9.03. The lowest BCUT2D eigenvalue weighted by molar-refractivity contribution is -0.204. The van der Waals surface area contributed by atoms with Gasteiger partial charge in [-0.2, -0.15) is 0 Å². The molecule has 0 aliphatic carbocycles. The highest BCUT2D eigenvalue weighted by atomic mass is 79.9. The molecule has 16 heteroatoms. The number of thioether (sulfide) groups is 1. The van der Waals surface area contributed by atoms with E-state index in [1.165, 1.54) is 18.0 Å². The van der Waals surface area contributed by atoms with Gasteiger partial charge < -0.3 is 34.7 Å². The third-order valence-corrected chi connectivity index (χ3v) is 6.97. The number of hydrogen-bond donors (Lipinski definition) is 4. The minimum Gasteiger partial charge on any atom is -0.397 e. The molecule has 1 aromatic carbocycles. The molecule has 37 heavy (non-hydrogen) atoms. The number of rotatable bonds is 13. The lowest BCUT2D eigenvalue weighted by atomic mass is 10.1. The summed E-state index contributed by atoms with van der Waals surface area (Å²) in [5.41, 5.74) is 4.94. The molecule has 1 aliphatic heterocycles. The molecule has 0 amide bonds. The fourth-order valence-electron chi connectivity index (χ4n) is 3.09. The topological polar surface area (TPSA) is 146 Å². The lowest BCUT2D eigenvalue weighted by Gasteiger charge is -2.39. The normalized spacial score (nSPS) is 19.5. The fraction of sp³-hybridized carbons (Fsp3) is 0.381. The van der Waals surface area contributed by atoms with E-state index in [9.17, 15) is 13.2 Å². The summed E-state index contributed by atoms with van der Waals surface area (Å²) in [7, 11) is -2.68. The van der Waals surface area contributed by atoms with Gasteiger partial charge in [0.2, 0.25) is 0 Å². The first-order chi connectivity index (χ1) is 17.5. The van der Waals surface area contributed by atoms with Crippen LogP contribution in [-0.2, 0) is 18.7 Å². The molecule has 3 unspecified atom stereocenters. The van der Waals surface area contributed by atoms with Gasteiger partial charge in [0.15, 0.2) is 24.2 Å². The summed E-state index contributed by atoms with van der Waals surface area (Å²) in [4.78, 5) is 23.0. The van der Waals surface area contributed by atoms with Gasteiger partial charge in [0.25, 0.3) is 0 Å². The number of hydrogen-bond acceptors (Lipinski definition) is 11. The molecule has 1 fully saturated rings. The zero-order chi connectivity index (χ0) is 27.1. The Morgan fingerprint density at radius 1 is 1.32 bits per heavy atom. The maximum Gasteiger partial charge on any atom is 0.329 e. The average Bonchev–Trinajstić information content (AvgIpc) is 2.82. The van der Waals surface area contributed by atoms with Crippen molar-refractivity contribution in [1.29, 1.82) is 0 Å². The van der Waals surface area contributed by atoms with Gasteiger partial charge in [0.05, 0.1) is 25.0 Å². The Balaban J connectivity index is 1.82. The second-order valence-corrected chi connectivity index (χ2v) is 10.6. The van der Waals surface area contributed by atoms with Crippen LogP contribution < -0.4 is 11.6 Å². The molecular weight excluding hydrogens is 604 g/mol. The van der Waals surface area contributed by atoms with Crippen LogP contribution in [0, 0.1) is 17.5 Å². The number of pyridine rings is 1.